The van der Waals surface area contributed by atoms with Gasteiger partial charge in [-0.2, -0.15) is 0 Å². The van der Waals surface area contributed by atoms with Gasteiger partial charge in [0.2, 0.25) is 0 Å². The number of carbonyl (C=O) groups is 2. The zero-order valence-corrected chi connectivity index (χ0v) is 13.0. The second-order valence-electron chi connectivity index (χ2n) is 4.30. The van der Waals surface area contributed by atoms with Gasteiger partial charge < -0.3 is 19.9 Å². The number of hydrogen-bond donors (Lipinski definition) is 2. The number of unbranched alkanes of at least 4 members (excludes halogenated alkanes) is 1. The molecule has 0 aliphatic rings. The smallest absolute Gasteiger partial charge is 0.356 e. The molecule has 7 nitrogen and oxygen atoms in total. The predicted molar refractivity (Wildman–Crippen MR) is 79.5 cm³/mol. The third kappa shape index (κ3) is 6.19. The van der Waals surface area contributed by atoms with Gasteiger partial charge in [0.05, 0.1) is 13.2 Å². The SMILES string of the molecule is COCCOCCCCNc1nc(C(=O)O)c(C(C)=O)s1. The number of hydrogen-bond acceptors (Lipinski definition) is 7. The van der Waals surface area contributed by atoms with Crippen molar-refractivity contribution in [3.8, 4) is 0 Å². The first kappa shape index (κ1) is 17.5. The number of carbonyl (C=O) groups excluding carboxylic acids is 1. The molecule has 0 radical (unpaired) electrons. The van der Waals surface area contributed by atoms with E-state index in [9.17, 15) is 9.59 Å². The molecule has 1 rings (SSSR count). The lowest BCUT2D eigenvalue weighted by atomic mass is 10.3. The largest absolute Gasteiger partial charge is 0.476 e. The van der Waals surface area contributed by atoms with Gasteiger partial charge in [-0.3, -0.25) is 4.79 Å². The van der Waals surface area contributed by atoms with Crippen molar-refractivity contribution in [3.05, 3.63) is 10.6 Å². The Morgan fingerprint density at radius 3 is 2.62 bits per heavy atom. The van der Waals surface area contributed by atoms with Crippen LogP contribution >= 0.6 is 11.3 Å². The van der Waals surface area contributed by atoms with E-state index in [0.29, 0.717) is 31.5 Å². The summed E-state index contributed by atoms with van der Waals surface area (Å²) < 4.78 is 10.2. The Bertz CT molecular complexity index is 444. The van der Waals surface area contributed by atoms with Crippen LogP contribution in [0.1, 0.15) is 39.9 Å². The minimum atomic E-state index is -1.18. The standard InChI is InChI=1S/C13H20N2O5S/c1-9(16)11-10(12(17)18)15-13(21-11)14-5-3-4-6-20-8-7-19-2/h3-8H2,1-2H3,(H,14,15)(H,17,18). The monoisotopic (exact) mass is 316 g/mol. The zero-order chi connectivity index (χ0) is 15.7. The maximum atomic E-state index is 11.3. The van der Waals surface area contributed by atoms with Crippen LogP contribution in [-0.2, 0) is 9.47 Å². The quantitative estimate of drug-likeness (QED) is 0.475. The average Bonchev–Trinajstić information content (AvgIpc) is 2.86. The molecule has 8 heteroatoms. The molecule has 0 saturated heterocycles. The molecular weight excluding hydrogens is 296 g/mol. The molecule has 0 bridgehead atoms. The van der Waals surface area contributed by atoms with Crippen LogP contribution in [-0.4, -0.2) is 55.3 Å². The van der Waals surface area contributed by atoms with E-state index in [0.717, 1.165) is 24.2 Å². The maximum Gasteiger partial charge on any atom is 0.356 e. The molecule has 0 atom stereocenters. The number of nitrogens with one attached hydrogen (secondary N) is 1. The number of nitrogens with zero attached hydrogens (tertiary/aromatic N) is 1. The van der Waals surface area contributed by atoms with Gasteiger partial charge in [0, 0.05) is 27.2 Å². The molecule has 118 valence electrons. The first-order chi connectivity index (χ1) is 10.1. The van der Waals surface area contributed by atoms with Crippen molar-refractivity contribution < 1.29 is 24.2 Å². The van der Waals surface area contributed by atoms with Crippen molar-refractivity contribution >= 4 is 28.2 Å². The summed E-state index contributed by atoms with van der Waals surface area (Å²) in [5.41, 5.74) is -0.183. The second-order valence-corrected chi connectivity index (χ2v) is 5.30. The van der Waals surface area contributed by atoms with Crippen molar-refractivity contribution in [2.24, 2.45) is 0 Å². The highest BCUT2D eigenvalue weighted by molar-refractivity contribution is 7.17. The van der Waals surface area contributed by atoms with Gasteiger partial charge in [0.1, 0.15) is 4.88 Å². The first-order valence-corrected chi connectivity index (χ1v) is 7.43. The van der Waals surface area contributed by atoms with Crippen LogP contribution in [0.3, 0.4) is 0 Å². The summed E-state index contributed by atoms with van der Waals surface area (Å²) in [5.74, 6) is -1.47. The van der Waals surface area contributed by atoms with Crippen molar-refractivity contribution in [2.45, 2.75) is 19.8 Å². The number of ether oxygens (including phenoxy) is 2. The van der Waals surface area contributed by atoms with Crippen LogP contribution in [0.5, 0.6) is 0 Å². The van der Waals surface area contributed by atoms with E-state index in [1.165, 1.54) is 6.92 Å². The molecule has 0 unspecified atom stereocenters. The lowest BCUT2D eigenvalue weighted by molar-refractivity contribution is 0.0687. The number of carboxylic acids is 1. The van der Waals surface area contributed by atoms with E-state index in [2.05, 4.69) is 10.3 Å². The number of aromatic nitrogens is 1. The molecular formula is C13H20N2O5S. The van der Waals surface area contributed by atoms with E-state index in [1.807, 2.05) is 0 Å². The normalized spacial score (nSPS) is 10.6. The van der Waals surface area contributed by atoms with Gasteiger partial charge in [0.15, 0.2) is 16.6 Å². The molecule has 0 spiro atoms. The summed E-state index contributed by atoms with van der Waals surface area (Å²) in [6.07, 6.45) is 1.75. The third-order valence-electron chi connectivity index (χ3n) is 2.57. The van der Waals surface area contributed by atoms with Crippen LogP contribution in [0.15, 0.2) is 0 Å². The highest BCUT2D eigenvalue weighted by atomic mass is 32.1. The van der Waals surface area contributed by atoms with E-state index >= 15 is 0 Å². The number of thiazole rings is 1. The Morgan fingerprint density at radius 1 is 1.29 bits per heavy atom. The summed E-state index contributed by atoms with van der Waals surface area (Å²) in [5, 5.41) is 12.5. The summed E-state index contributed by atoms with van der Waals surface area (Å²) in [7, 11) is 1.63. The van der Waals surface area contributed by atoms with E-state index in [1.54, 1.807) is 7.11 Å². The molecule has 0 aliphatic carbocycles. The molecule has 0 saturated carbocycles. The third-order valence-corrected chi connectivity index (χ3v) is 3.69. The van der Waals surface area contributed by atoms with Crippen LogP contribution in [0.2, 0.25) is 0 Å². The van der Waals surface area contributed by atoms with Gasteiger partial charge in [-0.15, -0.1) is 0 Å². The molecule has 1 aromatic heterocycles. The van der Waals surface area contributed by atoms with Gasteiger partial charge in [0.25, 0.3) is 0 Å². The van der Waals surface area contributed by atoms with Crippen LogP contribution in [0.25, 0.3) is 0 Å². The Balaban J connectivity index is 2.31. The fraction of sp³-hybridized carbons (Fsp3) is 0.615. The average molecular weight is 316 g/mol. The Labute approximate surface area is 127 Å². The molecule has 0 fully saturated rings. The first-order valence-electron chi connectivity index (χ1n) is 6.62. The molecule has 21 heavy (non-hydrogen) atoms. The van der Waals surface area contributed by atoms with E-state index < -0.39 is 5.97 Å². The highest BCUT2D eigenvalue weighted by Crippen LogP contribution is 2.23. The van der Waals surface area contributed by atoms with Crippen molar-refractivity contribution in [3.63, 3.8) is 0 Å². The number of methoxy groups -OCH3 is 1. The van der Waals surface area contributed by atoms with E-state index in [-0.39, 0.29) is 16.4 Å². The second kappa shape index (κ2) is 9.43. The summed E-state index contributed by atoms with van der Waals surface area (Å²) in [6, 6.07) is 0. The lowest BCUT2D eigenvalue weighted by Gasteiger charge is -2.04. The molecule has 0 aliphatic heterocycles. The van der Waals surface area contributed by atoms with E-state index in [4.69, 9.17) is 14.6 Å². The van der Waals surface area contributed by atoms with Gasteiger partial charge in [-0.05, 0) is 12.8 Å². The molecule has 2 N–H and O–H groups in total. The van der Waals surface area contributed by atoms with Gasteiger partial charge in [-0.1, -0.05) is 11.3 Å². The fourth-order valence-electron chi connectivity index (χ4n) is 1.55. The molecule has 0 amide bonds. The molecule has 0 aromatic carbocycles. The van der Waals surface area contributed by atoms with Crippen LogP contribution in [0.4, 0.5) is 5.13 Å². The Morgan fingerprint density at radius 2 is 2.05 bits per heavy atom. The number of carboxylic acid groups (broad SMARTS) is 1. The van der Waals surface area contributed by atoms with Crippen LogP contribution < -0.4 is 5.32 Å². The summed E-state index contributed by atoms with van der Waals surface area (Å²) >= 11 is 1.07. The molecule has 1 heterocycles. The fourth-order valence-corrected chi connectivity index (χ4v) is 2.43. The highest BCUT2D eigenvalue weighted by Gasteiger charge is 2.20. The summed E-state index contributed by atoms with van der Waals surface area (Å²) in [4.78, 5) is 26.4. The number of ketones is 1. The summed E-state index contributed by atoms with van der Waals surface area (Å²) in [6.45, 7) is 3.81. The van der Waals surface area contributed by atoms with Crippen molar-refractivity contribution in [1.82, 2.24) is 4.98 Å². The lowest BCUT2D eigenvalue weighted by Crippen LogP contribution is -2.06. The topological polar surface area (TPSA) is 97.8 Å². The van der Waals surface area contributed by atoms with Gasteiger partial charge in [-0.25, -0.2) is 9.78 Å². The predicted octanol–water partition coefficient (Wildman–Crippen LogP) is 1.90. The maximum absolute atomic E-state index is 11.3. The van der Waals surface area contributed by atoms with Crippen molar-refractivity contribution in [2.75, 3.05) is 38.8 Å². The molecule has 1 aromatic rings. The number of Topliss-reactive ketones (excluding diaryl/α,β-unsaturated/α-hetero) is 1. The van der Waals surface area contributed by atoms with Crippen molar-refractivity contribution in [1.29, 1.82) is 0 Å². The number of anilines is 1. The Kier molecular flexibility index (Phi) is 7.88. The Hall–Kier alpha value is -1.51. The minimum Gasteiger partial charge on any atom is -0.476 e. The number of rotatable bonds is 11. The van der Waals surface area contributed by atoms with Gasteiger partial charge >= 0.3 is 5.97 Å². The van der Waals surface area contributed by atoms with Crippen LogP contribution in [0, 0.1) is 0 Å². The zero-order valence-electron chi connectivity index (χ0n) is 12.2. The number of aromatic carboxylic acids is 1. The minimum absolute atomic E-state index is 0.174.